The number of hydrogen-bond donors (Lipinski definition) is 2. The van der Waals surface area contributed by atoms with Crippen LogP contribution in [-0.2, 0) is 20.8 Å². The minimum atomic E-state index is -0.836. The highest BCUT2D eigenvalue weighted by molar-refractivity contribution is 5.99. The Morgan fingerprint density at radius 1 is 1.03 bits per heavy atom. The maximum Gasteiger partial charge on any atom is 0.244 e. The molecular formula is C20H30Cl2N4O3. The largest absolute Gasteiger partial charge is 0.381 e. The zero-order chi connectivity index (χ0) is 18.7. The van der Waals surface area contributed by atoms with E-state index in [0.29, 0.717) is 26.1 Å². The van der Waals surface area contributed by atoms with Crippen LogP contribution in [0.1, 0.15) is 12.8 Å². The summed E-state index contributed by atoms with van der Waals surface area (Å²) < 4.78 is 13.0. The fourth-order valence-corrected chi connectivity index (χ4v) is 3.77. The summed E-state index contributed by atoms with van der Waals surface area (Å²) in [6.45, 7) is 6.69. The lowest BCUT2D eigenvalue weighted by Crippen LogP contribution is -2.54. The van der Waals surface area contributed by atoms with E-state index in [1.807, 2.05) is 12.1 Å². The topological polar surface area (TPSA) is 81.8 Å². The zero-order valence-corrected chi connectivity index (χ0v) is 18.1. The van der Waals surface area contributed by atoms with Crippen LogP contribution >= 0.6 is 24.8 Å². The van der Waals surface area contributed by atoms with Crippen molar-refractivity contribution in [3.63, 3.8) is 0 Å². The number of nitrogens with one attached hydrogen (secondary N) is 1. The maximum atomic E-state index is 12.6. The highest BCUT2D eigenvalue weighted by Gasteiger charge is 2.35. The van der Waals surface area contributed by atoms with E-state index >= 15 is 0 Å². The summed E-state index contributed by atoms with van der Waals surface area (Å²) >= 11 is 0. The first-order valence-corrected chi connectivity index (χ1v) is 9.71. The van der Waals surface area contributed by atoms with E-state index in [4.69, 9.17) is 15.2 Å². The number of ether oxygens (including phenoxy) is 2. The van der Waals surface area contributed by atoms with Crippen molar-refractivity contribution >= 4 is 47.3 Å². The molecule has 0 radical (unpaired) electrons. The number of fused-ring (bicyclic) bond motifs is 1. The monoisotopic (exact) mass is 444 g/mol. The normalized spacial score (nSPS) is 19.2. The summed E-state index contributed by atoms with van der Waals surface area (Å²) in [5, 5.41) is 4.10. The quantitative estimate of drug-likeness (QED) is 0.738. The molecule has 0 spiro atoms. The molecule has 3 heterocycles. The Bertz CT molecular complexity index is 802. The molecule has 3 N–H and O–H groups in total. The van der Waals surface area contributed by atoms with Crippen molar-refractivity contribution in [2.24, 2.45) is 5.73 Å². The van der Waals surface area contributed by atoms with Crippen molar-refractivity contribution in [1.82, 2.24) is 9.47 Å². The predicted molar refractivity (Wildman–Crippen MR) is 119 cm³/mol. The van der Waals surface area contributed by atoms with Crippen LogP contribution in [0.5, 0.6) is 0 Å². The van der Waals surface area contributed by atoms with Gasteiger partial charge in [-0.1, -0.05) is 0 Å². The molecule has 7 nitrogen and oxygen atoms in total. The van der Waals surface area contributed by atoms with Gasteiger partial charge in [0, 0.05) is 62.2 Å². The number of halogens is 2. The van der Waals surface area contributed by atoms with Gasteiger partial charge in [0.25, 0.3) is 0 Å². The lowest BCUT2D eigenvalue weighted by Gasteiger charge is -2.31. The van der Waals surface area contributed by atoms with Crippen LogP contribution in [0.3, 0.4) is 0 Å². The van der Waals surface area contributed by atoms with Gasteiger partial charge in [-0.25, -0.2) is 0 Å². The number of anilines is 1. The second-order valence-electron chi connectivity index (χ2n) is 7.46. The van der Waals surface area contributed by atoms with Crippen LogP contribution in [0.4, 0.5) is 5.69 Å². The van der Waals surface area contributed by atoms with E-state index in [2.05, 4.69) is 33.1 Å². The van der Waals surface area contributed by atoms with Crippen molar-refractivity contribution in [3.05, 3.63) is 30.5 Å². The molecule has 1 amide bonds. The summed E-state index contributed by atoms with van der Waals surface area (Å²) in [7, 11) is 0. The predicted octanol–water partition coefficient (Wildman–Crippen LogP) is 2.26. The van der Waals surface area contributed by atoms with Gasteiger partial charge in [-0.05, 0) is 37.1 Å². The molecule has 0 unspecified atom stereocenters. The number of carbonyl (C=O) groups is 1. The van der Waals surface area contributed by atoms with Gasteiger partial charge in [0.05, 0.1) is 13.2 Å². The summed E-state index contributed by atoms with van der Waals surface area (Å²) in [4.78, 5) is 15.0. The average molecular weight is 445 g/mol. The van der Waals surface area contributed by atoms with Crippen molar-refractivity contribution in [2.75, 3.05) is 51.4 Å². The molecule has 2 aromatic rings. The molecule has 29 heavy (non-hydrogen) atoms. The van der Waals surface area contributed by atoms with Crippen LogP contribution in [0, 0.1) is 0 Å². The Kier molecular flexibility index (Phi) is 8.75. The van der Waals surface area contributed by atoms with E-state index in [-0.39, 0.29) is 30.7 Å². The lowest BCUT2D eigenvalue weighted by atomic mass is 9.90. The first kappa shape index (κ1) is 23.9. The number of carbonyl (C=O) groups excluding carboxylic acids is 1. The molecule has 1 aromatic heterocycles. The third kappa shape index (κ3) is 5.63. The first-order chi connectivity index (χ1) is 13.1. The number of benzene rings is 1. The number of aromatic nitrogens is 1. The van der Waals surface area contributed by atoms with Crippen LogP contribution in [0.15, 0.2) is 30.5 Å². The number of rotatable bonds is 5. The third-order valence-electron chi connectivity index (χ3n) is 5.63. The molecule has 1 aromatic carbocycles. The molecule has 2 aliphatic heterocycles. The highest BCUT2D eigenvalue weighted by atomic mass is 35.5. The summed E-state index contributed by atoms with van der Waals surface area (Å²) in [5.41, 5.74) is 7.39. The van der Waals surface area contributed by atoms with E-state index in [1.54, 1.807) is 0 Å². The Hall–Kier alpha value is -1.35. The van der Waals surface area contributed by atoms with Crippen LogP contribution in [0.2, 0.25) is 0 Å². The molecule has 0 saturated carbocycles. The molecule has 4 rings (SSSR count). The summed E-state index contributed by atoms with van der Waals surface area (Å²) in [5.74, 6) is -0.128. The third-order valence-corrected chi connectivity index (χ3v) is 5.63. The SMILES string of the molecule is Cl.Cl.NC1(C(=O)Nc2ccc3c(ccn3CCN3CCOCC3)c2)CCOCC1. The second-order valence-corrected chi connectivity index (χ2v) is 7.46. The number of morpholine rings is 1. The van der Waals surface area contributed by atoms with Gasteiger partial charge < -0.3 is 25.1 Å². The minimum Gasteiger partial charge on any atom is -0.381 e. The summed E-state index contributed by atoms with van der Waals surface area (Å²) in [6, 6.07) is 8.13. The molecular weight excluding hydrogens is 415 g/mol. The van der Waals surface area contributed by atoms with Crippen molar-refractivity contribution in [2.45, 2.75) is 24.9 Å². The van der Waals surface area contributed by atoms with E-state index < -0.39 is 5.54 Å². The van der Waals surface area contributed by atoms with Gasteiger partial charge in [0.2, 0.25) is 5.91 Å². The zero-order valence-electron chi connectivity index (χ0n) is 16.5. The van der Waals surface area contributed by atoms with Crippen molar-refractivity contribution < 1.29 is 14.3 Å². The standard InChI is InChI=1S/C20H28N4O3.2ClH/c21-20(4-11-26-12-5-20)19(25)22-17-1-2-18-16(15-17)3-6-24(18)8-7-23-9-13-27-14-10-23;;/h1-3,6,15H,4-5,7-14,21H2,(H,22,25);2*1H. The smallest absolute Gasteiger partial charge is 0.244 e. The second kappa shape index (κ2) is 10.6. The molecule has 162 valence electrons. The number of nitrogens with zero attached hydrogens (tertiary/aromatic N) is 2. The van der Waals surface area contributed by atoms with Gasteiger partial charge in [-0.15, -0.1) is 24.8 Å². The number of hydrogen-bond acceptors (Lipinski definition) is 5. The molecule has 0 bridgehead atoms. The van der Waals surface area contributed by atoms with Crippen molar-refractivity contribution in [1.29, 1.82) is 0 Å². The van der Waals surface area contributed by atoms with E-state index in [9.17, 15) is 4.79 Å². The van der Waals surface area contributed by atoms with Crippen LogP contribution in [0.25, 0.3) is 10.9 Å². The van der Waals surface area contributed by atoms with Crippen LogP contribution < -0.4 is 11.1 Å². The van der Waals surface area contributed by atoms with E-state index in [1.165, 1.54) is 5.52 Å². The molecule has 0 atom stereocenters. The van der Waals surface area contributed by atoms with Gasteiger partial charge in [-0.2, -0.15) is 0 Å². The maximum absolute atomic E-state index is 12.6. The Morgan fingerprint density at radius 2 is 1.72 bits per heavy atom. The van der Waals surface area contributed by atoms with Crippen molar-refractivity contribution in [3.8, 4) is 0 Å². The minimum absolute atomic E-state index is 0. The fraction of sp³-hybridized carbons (Fsp3) is 0.550. The Morgan fingerprint density at radius 3 is 2.45 bits per heavy atom. The number of nitrogens with two attached hydrogens (primary N) is 1. The lowest BCUT2D eigenvalue weighted by molar-refractivity contribution is -0.124. The molecule has 9 heteroatoms. The highest BCUT2D eigenvalue weighted by Crippen LogP contribution is 2.24. The van der Waals surface area contributed by atoms with Gasteiger partial charge in [0.15, 0.2) is 0 Å². The summed E-state index contributed by atoms with van der Waals surface area (Å²) in [6.07, 6.45) is 3.22. The average Bonchev–Trinajstić information content (AvgIpc) is 3.10. The Labute approximate surface area is 183 Å². The van der Waals surface area contributed by atoms with Gasteiger partial charge in [0.1, 0.15) is 5.54 Å². The molecule has 2 fully saturated rings. The van der Waals surface area contributed by atoms with Gasteiger partial charge in [-0.3, -0.25) is 9.69 Å². The Balaban J connectivity index is 0.00000150. The molecule has 2 aliphatic rings. The molecule has 2 saturated heterocycles. The van der Waals surface area contributed by atoms with E-state index in [0.717, 1.165) is 50.5 Å². The molecule has 0 aliphatic carbocycles. The first-order valence-electron chi connectivity index (χ1n) is 9.71. The van der Waals surface area contributed by atoms with Gasteiger partial charge >= 0.3 is 0 Å². The fourth-order valence-electron chi connectivity index (χ4n) is 3.77. The number of amides is 1. The van der Waals surface area contributed by atoms with Crippen LogP contribution in [-0.4, -0.2) is 67.0 Å².